The number of anilines is 3. The number of ether oxygens (including phenoxy) is 3. The van der Waals surface area contributed by atoms with Gasteiger partial charge in [-0.15, -0.1) is 45.3 Å². The lowest BCUT2D eigenvalue weighted by Crippen LogP contribution is -2.53. The van der Waals surface area contributed by atoms with Gasteiger partial charge >= 0.3 is 54.0 Å². The van der Waals surface area contributed by atoms with E-state index in [1.165, 1.54) is 151 Å². The molecule has 6 atom stereocenters. The van der Waals surface area contributed by atoms with E-state index in [4.69, 9.17) is 77.9 Å². The number of carboxylic acid groups (broad SMARTS) is 1. The first-order valence-corrected chi connectivity index (χ1v) is 46.2. The number of aromatic nitrogens is 6. The van der Waals surface area contributed by atoms with E-state index < -0.39 is 59.5 Å². The van der Waals surface area contributed by atoms with E-state index >= 15 is 0 Å². The van der Waals surface area contributed by atoms with Crippen LogP contribution in [0.4, 0.5) is 44.7 Å². The molecule has 690 valence electrons. The number of nitrogens with zero attached hydrogens (tertiary/aromatic N) is 18. The van der Waals surface area contributed by atoms with Crippen LogP contribution in [-0.2, 0) is 62.2 Å². The molecule has 9 aliphatic heterocycles. The number of piperazine rings is 3. The molecular weight excluding hydrogens is 1860 g/mol. The minimum absolute atomic E-state index is 0.0000691. The van der Waals surface area contributed by atoms with Crippen LogP contribution in [0.15, 0.2) is 166 Å². The van der Waals surface area contributed by atoms with Crippen LogP contribution in [0, 0.1) is 17.5 Å². The van der Waals surface area contributed by atoms with Crippen molar-refractivity contribution in [2.24, 2.45) is 15.0 Å². The number of methoxy groups -OCH3 is 3. The molecule has 18 rings (SSSR count). The number of esters is 3. The van der Waals surface area contributed by atoms with Crippen LogP contribution in [-0.4, -0.2) is 273 Å². The van der Waals surface area contributed by atoms with E-state index in [2.05, 4.69) is 60.6 Å². The Morgan fingerprint density at radius 1 is 0.492 bits per heavy atom. The van der Waals surface area contributed by atoms with Crippen LogP contribution in [0.25, 0.3) is 0 Å². The molecule has 0 bridgehead atoms. The average Bonchev–Trinajstić information content (AvgIpc) is 1.39. The third kappa shape index (κ3) is 20.7. The van der Waals surface area contributed by atoms with Gasteiger partial charge in [0.1, 0.15) is 59.2 Å². The molecule has 0 spiro atoms. The van der Waals surface area contributed by atoms with Crippen molar-refractivity contribution in [3.63, 3.8) is 0 Å². The summed E-state index contributed by atoms with van der Waals surface area (Å²) in [6.07, 6.45) is 11.6. The molecule has 132 heavy (non-hydrogen) atoms. The number of oxazole rings is 2. The highest BCUT2D eigenvalue weighted by atomic mass is 35.5. The second kappa shape index (κ2) is 40.9. The number of carboxylic acids is 1. The third-order valence-electron chi connectivity index (χ3n) is 23.1. The number of aliphatic carboxylic acids is 1. The lowest BCUT2D eigenvalue weighted by atomic mass is 9.95. The van der Waals surface area contributed by atoms with E-state index in [1.807, 2.05) is 21.0 Å². The maximum atomic E-state index is 14.0. The Hall–Kier alpha value is -12.2. The van der Waals surface area contributed by atoms with E-state index in [9.17, 15) is 56.3 Å². The number of thiazole rings is 4. The van der Waals surface area contributed by atoms with Crippen LogP contribution in [0.3, 0.4) is 0 Å². The number of rotatable bonds is 27. The van der Waals surface area contributed by atoms with Gasteiger partial charge in [0.05, 0.1) is 94.1 Å². The molecule has 9 aromatic rings. The van der Waals surface area contributed by atoms with Gasteiger partial charge in [0, 0.05) is 192 Å². The number of Topliss-reactive ketones (excluding diaryl/α,β-unsaturated/α-hetero) is 2. The molecule has 0 radical (unpaired) electrons. The zero-order valence-electron chi connectivity index (χ0n) is 71.3. The number of fused-ring (bicyclic) bond motifs is 3. The summed E-state index contributed by atoms with van der Waals surface area (Å²) in [5, 5.41) is 27.1. The van der Waals surface area contributed by atoms with Crippen molar-refractivity contribution in [1.29, 1.82) is 0 Å². The van der Waals surface area contributed by atoms with Gasteiger partial charge in [-0.05, 0) is 63.1 Å². The van der Waals surface area contributed by atoms with Crippen LogP contribution >= 0.6 is 80.1 Å². The summed E-state index contributed by atoms with van der Waals surface area (Å²) in [7, 11) is 3.88. The molecule has 6 fully saturated rings. The quantitative estimate of drug-likeness (QED) is 0.0274. The van der Waals surface area contributed by atoms with Gasteiger partial charge in [-0.2, -0.15) is 4.98 Å². The predicted octanol–water partition coefficient (Wildman–Crippen LogP) is 10.7. The molecule has 6 amide bonds. The molecule has 0 saturated carbocycles. The Morgan fingerprint density at radius 3 is 1.27 bits per heavy atom. The van der Waals surface area contributed by atoms with Gasteiger partial charge in [-0.1, -0.05) is 53.0 Å². The molecule has 3 aromatic carbocycles. The first-order valence-electron chi connectivity index (χ1n) is 41.6. The number of hydrogen-bond donors (Lipinski definition) is 4. The number of halogens is 6. The number of carbonyl (C=O) groups is 9. The van der Waals surface area contributed by atoms with Gasteiger partial charge in [0.15, 0.2) is 37.7 Å². The average molecular weight is 1940 g/mol. The predicted molar refractivity (Wildman–Crippen MR) is 483 cm³/mol. The second-order valence-electron chi connectivity index (χ2n) is 31.7. The fraction of sp³-hybridized carbons (Fsp3) is 0.372. The maximum Gasteiger partial charge on any atom is 0.338 e. The fourth-order valence-corrected chi connectivity index (χ4v) is 20.2. The molecule has 46 heteroatoms. The Kier molecular flexibility index (Phi) is 28.8. The number of ketones is 2. The Morgan fingerprint density at radius 2 is 0.886 bits per heavy atom. The van der Waals surface area contributed by atoms with E-state index in [-0.39, 0.29) is 98.0 Å². The minimum atomic E-state index is -0.885. The van der Waals surface area contributed by atoms with Gasteiger partial charge in [0.25, 0.3) is 0 Å². The van der Waals surface area contributed by atoms with Crippen molar-refractivity contribution in [2.45, 2.75) is 88.6 Å². The number of aryl methyl sites for hydroxylation is 3. The SMILES string of the molecule is COC(=O)C1=C(CN2CCN3C(=O)N(c4nc(CCC(C)=O)co4)C[C@@H]3C2)NC(c2nccs2)=N[C@H]1c1ccc(F)cc1Cl.COC(=O)C1=C(CN2CCN3C(=O)N(c4ncc(CCC(=O)O)s4)C[C@@H]3C2)NC(c2nccs2)=N[C@H]1c1ccc(F)cc1Cl.COC(=O)C1=C(CN2CCN3C(=O)N(c4ncc(CCC(C)=O)o4)C[C@@H]3C2)NC(c2nccs2)=N[C@H]1c1ccc(F)cc1Cl. The van der Waals surface area contributed by atoms with Gasteiger partial charge in [0.2, 0.25) is 0 Å². The van der Waals surface area contributed by atoms with E-state index in [1.54, 1.807) is 45.7 Å². The largest absolute Gasteiger partial charge is 0.481 e. The Balaban J connectivity index is 0.000000144. The smallest absolute Gasteiger partial charge is 0.338 e. The minimum Gasteiger partial charge on any atom is -0.481 e. The second-order valence-corrected chi connectivity index (χ2v) is 36.7. The van der Waals surface area contributed by atoms with Crippen molar-refractivity contribution >= 4 is 168 Å². The zero-order valence-corrected chi connectivity index (χ0v) is 76.9. The van der Waals surface area contributed by atoms with E-state index in [0.29, 0.717) is 213 Å². The van der Waals surface area contributed by atoms with Gasteiger partial charge < -0.3 is 68.4 Å². The highest BCUT2D eigenvalue weighted by molar-refractivity contribution is 7.15. The normalized spacial score (nSPS) is 20.4. The lowest BCUT2D eigenvalue weighted by Gasteiger charge is -2.38. The zero-order chi connectivity index (χ0) is 92.9. The fourth-order valence-electron chi connectivity index (χ4n) is 16.7. The Bertz CT molecular complexity index is 5560. The first kappa shape index (κ1) is 93.0. The number of carbonyl (C=O) groups excluding carboxylic acids is 8. The van der Waals surface area contributed by atoms with Gasteiger partial charge in [-0.25, -0.2) is 76.7 Å². The third-order valence-corrected chi connectivity index (χ3v) is 27.5. The molecule has 4 N–H and O–H groups in total. The van der Waals surface area contributed by atoms with Crippen molar-refractivity contribution in [2.75, 3.05) is 134 Å². The van der Waals surface area contributed by atoms with E-state index in [0.717, 1.165) is 4.88 Å². The molecule has 6 saturated heterocycles. The number of benzene rings is 3. The maximum absolute atomic E-state index is 14.0. The van der Waals surface area contributed by atoms with Crippen LogP contribution < -0.4 is 30.7 Å². The summed E-state index contributed by atoms with van der Waals surface area (Å²) in [5.41, 5.74) is 4.41. The molecule has 9 aliphatic rings. The van der Waals surface area contributed by atoms with Crippen molar-refractivity contribution in [3.8, 4) is 0 Å². The molecule has 0 aliphatic carbocycles. The van der Waals surface area contributed by atoms with Crippen molar-refractivity contribution < 1.29 is 84.5 Å². The van der Waals surface area contributed by atoms with Crippen LogP contribution in [0.1, 0.15) is 99.3 Å². The summed E-state index contributed by atoms with van der Waals surface area (Å²) in [6, 6.07) is 8.83. The Labute approximate surface area is 783 Å². The molecular formula is C86H85Cl3F3N21O15S4. The van der Waals surface area contributed by atoms with Crippen LogP contribution in [0.5, 0.6) is 0 Å². The molecule has 6 aromatic heterocycles. The summed E-state index contributed by atoms with van der Waals surface area (Å²) < 4.78 is 68.8. The summed E-state index contributed by atoms with van der Waals surface area (Å²) in [5.74, 6) is -2.16. The highest BCUT2D eigenvalue weighted by Crippen LogP contribution is 2.43. The number of amidine groups is 3. The van der Waals surface area contributed by atoms with Gasteiger partial charge in [-0.3, -0.25) is 39.4 Å². The van der Waals surface area contributed by atoms with Crippen LogP contribution in [0.2, 0.25) is 15.1 Å². The standard InChI is InChI=1S/2C29H29ClFN7O5S.C28H27ClFN7O5S2/c1-16(39)3-5-19-12-33-28(43-19)38-14-18-13-36(8-9-37(18)29(38)41)15-22-23(27(40)42-2)24(20-6-4-17(31)11-21(20)30)35-25(34-22)26-32-7-10-44-26;1-16(39)3-5-18-15-43-28(33-18)38-13-19-12-36(8-9-37(19)29(38)41)14-22-23(27(40)42-2)24(20-6-4-17(31)11-21(20)30)35-25(34-22)26-32-7-10-44-26;1-42-26(40)22-20(33-24(25-31-6-9-43-25)34-23(22)18-4-2-15(30)10-19(18)29)14-35-7-8-36-16(12-35)13-37(28(36)41)27-32-11-17(44-27)3-5-21(38)39/h4,6-7,10-12,18,24H,3,5,8-9,13-15H2,1-2H3,(H,34,35);4,6-7,10-11,15,19,24H,3,5,8-9,12-14H2,1-2H3,(H,34,35);2,4,6,9-11,16,23H,3,5,7-8,12-14H2,1H3,(H,33,34)(H,38,39)/t18-,24-;19-,24-;16-,23-/m000/s1. The first-order chi connectivity index (χ1) is 63.6. The molecule has 15 heterocycles. The van der Waals surface area contributed by atoms with Crippen molar-refractivity contribution in [3.05, 3.63) is 222 Å². The number of urea groups is 3. The lowest BCUT2D eigenvalue weighted by molar-refractivity contribution is -0.137. The molecule has 0 unspecified atom stereocenters. The summed E-state index contributed by atoms with van der Waals surface area (Å²) in [6.45, 7) is 9.74. The topological polar surface area (TPSA) is 408 Å². The number of amides is 6. The number of nitrogens with one attached hydrogen (secondary N) is 3. The number of aliphatic imine (C=N–C) groups is 3. The molecule has 36 nitrogen and oxygen atoms in total. The number of hydrogen-bond acceptors (Lipinski definition) is 33. The highest BCUT2D eigenvalue weighted by Gasteiger charge is 2.48. The monoisotopic (exact) mass is 1940 g/mol. The summed E-state index contributed by atoms with van der Waals surface area (Å²) in [4.78, 5) is 171. The van der Waals surface area contributed by atoms with Crippen molar-refractivity contribution in [1.82, 2.24) is 75.3 Å². The summed E-state index contributed by atoms with van der Waals surface area (Å²) >= 11 is 24.9.